The van der Waals surface area contributed by atoms with Crippen molar-refractivity contribution in [1.29, 1.82) is 5.26 Å². The van der Waals surface area contributed by atoms with Crippen molar-refractivity contribution in [1.82, 2.24) is 9.88 Å². The molecule has 1 heterocycles. The number of nitrogens with zero attached hydrogens (tertiary/aromatic N) is 2. The first-order valence-corrected chi connectivity index (χ1v) is 4.99. The molecule has 3 nitrogen and oxygen atoms in total. The average Bonchev–Trinajstić information content (AvgIpc) is 2.65. The molecule has 0 saturated carbocycles. The summed E-state index contributed by atoms with van der Waals surface area (Å²) in [6.45, 7) is 3.07. The molecule has 0 radical (unpaired) electrons. The van der Waals surface area contributed by atoms with Gasteiger partial charge < -0.3 is 9.88 Å². The maximum atomic E-state index is 8.45. The number of hydrogen-bond donors (Lipinski definition) is 1. The Kier molecular flexibility index (Phi) is 4.21. The molecule has 1 atom stereocenters. The minimum absolute atomic E-state index is 0.368. The van der Waals surface area contributed by atoms with Crippen LogP contribution < -0.4 is 5.32 Å². The monoisotopic (exact) mass is 191 g/mol. The predicted octanol–water partition coefficient (Wildman–Crippen LogP) is 2.07. The lowest BCUT2D eigenvalue weighted by molar-refractivity contribution is 0.556. The molecule has 0 aliphatic rings. The first-order chi connectivity index (χ1) is 6.79. The summed E-state index contributed by atoms with van der Waals surface area (Å²) in [6, 6.07) is 6.70. The van der Waals surface area contributed by atoms with Crippen molar-refractivity contribution in [3.05, 3.63) is 24.0 Å². The van der Waals surface area contributed by atoms with E-state index in [4.69, 9.17) is 5.26 Å². The van der Waals surface area contributed by atoms with Crippen molar-refractivity contribution in [2.75, 3.05) is 7.05 Å². The van der Waals surface area contributed by atoms with Crippen LogP contribution in [0.1, 0.15) is 31.5 Å². The summed E-state index contributed by atoms with van der Waals surface area (Å²) in [4.78, 5) is 0. The number of nitriles is 1. The molecular weight excluding hydrogens is 174 g/mol. The summed E-state index contributed by atoms with van der Waals surface area (Å²) in [7, 11) is 1.96. The average molecular weight is 191 g/mol. The van der Waals surface area contributed by atoms with E-state index in [-0.39, 0.29) is 0 Å². The highest BCUT2D eigenvalue weighted by molar-refractivity contribution is 5.11. The molecule has 1 aromatic rings. The van der Waals surface area contributed by atoms with Crippen LogP contribution in [0, 0.1) is 11.3 Å². The molecule has 0 saturated heterocycles. The fraction of sp³-hybridized carbons (Fsp3) is 0.545. The highest BCUT2D eigenvalue weighted by Crippen LogP contribution is 2.13. The van der Waals surface area contributed by atoms with Crippen molar-refractivity contribution in [3.8, 4) is 6.07 Å². The maximum absolute atomic E-state index is 8.45. The minimum Gasteiger partial charge on any atom is -0.350 e. The second-order valence-electron chi connectivity index (χ2n) is 3.40. The molecule has 1 aromatic heterocycles. The van der Waals surface area contributed by atoms with E-state index < -0.39 is 0 Å². The Morgan fingerprint density at radius 2 is 2.43 bits per heavy atom. The van der Waals surface area contributed by atoms with Crippen LogP contribution in [0.4, 0.5) is 0 Å². The number of aromatic nitrogens is 1. The normalized spacial score (nSPS) is 12.4. The van der Waals surface area contributed by atoms with Gasteiger partial charge in [0.1, 0.15) is 0 Å². The minimum atomic E-state index is 0.368. The number of hydrogen-bond acceptors (Lipinski definition) is 2. The number of nitrogens with one attached hydrogen (secondary N) is 1. The van der Waals surface area contributed by atoms with Crippen molar-refractivity contribution in [2.24, 2.45) is 0 Å². The molecule has 76 valence electrons. The van der Waals surface area contributed by atoms with Crippen LogP contribution >= 0.6 is 0 Å². The van der Waals surface area contributed by atoms with Gasteiger partial charge in [-0.1, -0.05) is 0 Å². The highest BCUT2D eigenvalue weighted by Gasteiger charge is 2.06. The van der Waals surface area contributed by atoms with E-state index in [2.05, 4.69) is 41.2 Å². The van der Waals surface area contributed by atoms with Crippen LogP contribution in [0.25, 0.3) is 0 Å². The molecule has 0 amide bonds. The van der Waals surface area contributed by atoms with Gasteiger partial charge in [0, 0.05) is 30.9 Å². The van der Waals surface area contributed by atoms with Crippen LogP contribution in [0.2, 0.25) is 0 Å². The largest absolute Gasteiger partial charge is 0.350 e. The lowest BCUT2D eigenvalue weighted by atomic mass is 10.2. The third-order valence-electron chi connectivity index (χ3n) is 2.43. The van der Waals surface area contributed by atoms with Gasteiger partial charge in [-0.2, -0.15) is 5.26 Å². The molecule has 0 aliphatic heterocycles. The van der Waals surface area contributed by atoms with Gasteiger partial charge in [-0.3, -0.25) is 0 Å². The molecule has 1 unspecified atom stereocenters. The van der Waals surface area contributed by atoms with Gasteiger partial charge in [0.05, 0.1) is 6.07 Å². The molecule has 0 bridgehead atoms. The molecule has 0 spiro atoms. The fourth-order valence-electron chi connectivity index (χ4n) is 1.50. The molecular formula is C11H17N3. The van der Waals surface area contributed by atoms with Crippen molar-refractivity contribution < 1.29 is 0 Å². The van der Waals surface area contributed by atoms with Crippen LogP contribution in [0.5, 0.6) is 0 Å². The summed E-state index contributed by atoms with van der Waals surface area (Å²) >= 11 is 0. The van der Waals surface area contributed by atoms with E-state index in [0.717, 1.165) is 13.0 Å². The van der Waals surface area contributed by atoms with Crippen LogP contribution in [0.15, 0.2) is 18.3 Å². The Hall–Kier alpha value is -1.27. The van der Waals surface area contributed by atoms with E-state index in [1.807, 2.05) is 7.05 Å². The lowest BCUT2D eigenvalue weighted by Crippen LogP contribution is -2.16. The first-order valence-electron chi connectivity index (χ1n) is 4.99. The van der Waals surface area contributed by atoms with Gasteiger partial charge in [0.2, 0.25) is 0 Å². The zero-order valence-corrected chi connectivity index (χ0v) is 8.83. The topological polar surface area (TPSA) is 40.8 Å². The maximum Gasteiger partial charge on any atom is 0.0622 e. The van der Waals surface area contributed by atoms with E-state index >= 15 is 0 Å². The van der Waals surface area contributed by atoms with Crippen molar-refractivity contribution in [2.45, 2.75) is 32.4 Å². The first kappa shape index (κ1) is 10.8. The quantitative estimate of drug-likeness (QED) is 0.724. The number of rotatable bonds is 5. The van der Waals surface area contributed by atoms with Crippen LogP contribution in [-0.2, 0) is 6.54 Å². The van der Waals surface area contributed by atoms with E-state index in [9.17, 15) is 0 Å². The van der Waals surface area contributed by atoms with Gasteiger partial charge >= 0.3 is 0 Å². The van der Waals surface area contributed by atoms with Gasteiger partial charge in [-0.05, 0) is 32.5 Å². The summed E-state index contributed by atoms with van der Waals surface area (Å²) in [5, 5.41) is 11.7. The fourth-order valence-corrected chi connectivity index (χ4v) is 1.50. The summed E-state index contributed by atoms with van der Waals surface area (Å²) in [6.07, 6.45) is 3.63. The molecule has 1 rings (SSSR count). The lowest BCUT2D eigenvalue weighted by Gasteiger charge is -2.14. The van der Waals surface area contributed by atoms with Crippen molar-refractivity contribution >= 4 is 0 Å². The zero-order chi connectivity index (χ0) is 10.4. The number of unbranched alkanes of at least 4 members (excludes halogenated alkanes) is 1. The van der Waals surface area contributed by atoms with Crippen molar-refractivity contribution in [3.63, 3.8) is 0 Å². The summed E-state index contributed by atoms with van der Waals surface area (Å²) < 4.78 is 2.21. The highest BCUT2D eigenvalue weighted by atomic mass is 15.0. The molecule has 0 aromatic carbocycles. The predicted molar refractivity (Wildman–Crippen MR) is 56.8 cm³/mol. The SMILES string of the molecule is CNC(C)c1cccn1CCCC#N. The Labute approximate surface area is 85.3 Å². The van der Waals surface area contributed by atoms with Crippen LogP contribution in [0.3, 0.4) is 0 Å². The smallest absolute Gasteiger partial charge is 0.0622 e. The molecule has 1 N–H and O–H groups in total. The standard InChI is InChI=1S/C11H17N3/c1-10(13-2)11-6-5-9-14(11)8-4-3-7-12/h5-6,9-10,13H,3-4,8H2,1-2H3. The van der Waals surface area contributed by atoms with E-state index in [1.54, 1.807) is 0 Å². The third kappa shape index (κ3) is 2.61. The zero-order valence-electron chi connectivity index (χ0n) is 8.83. The Bertz CT molecular complexity index is 309. The second kappa shape index (κ2) is 5.46. The Morgan fingerprint density at radius 3 is 3.07 bits per heavy atom. The molecule has 0 aliphatic carbocycles. The van der Waals surface area contributed by atoms with Crippen LogP contribution in [-0.4, -0.2) is 11.6 Å². The molecule has 0 fully saturated rings. The van der Waals surface area contributed by atoms with Gasteiger partial charge in [-0.15, -0.1) is 0 Å². The second-order valence-corrected chi connectivity index (χ2v) is 3.40. The third-order valence-corrected chi connectivity index (χ3v) is 2.43. The van der Waals surface area contributed by atoms with E-state index in [1.165, 1.54) is 5.69 Å². The Morgan fingerprint density at radius 1 is 1.64 bits per heavy atom. The summed E-state index contributed by atoms with van der Waals surface area (Å²) in [5.41, 5.74) is 1.28. The molecule has 3 heteroatoms. The van der Waals surface area contributed by atoms with E-state index in [0.29, 0.717) is 12.5 Å². The van der Waals surface area contributed by atoms with Gasteiger partial charge in [0.15, 0.2) is 0 Å². The van der Waals surface area contributed by atoms with Gasteiger partial charge in [0.25, 0.3) is 0 Å². The summed E-state index contributed by atoms with van der Waals surface area (Å²) in [5.74, 6) is 0. The molecule has 14 heavy (non-hydrogen) atoms. The Balaban J connectivity index is 2.59. The van der Waals surface area contributed by atoms with Gasteiger partial charge in [-0.25, -0.2) is 0 Å². The number of aryl methyl sites for hydroxylation is 1.